The van der Waals surface area contributed by atoms with E-state index in [1.807, 2.05) is 56.3 Å². The first kappa shape index (κ1) is 12.5. The minimum atomic E-state index is -0.907. The summed E-state index contributed by atoms with van der Waals surface area (Å²) in [5.74, 6) is -0.907. The summed E-state index contributed by atoms with van der Waals surface area (Å²) in [6.07, 6.45) is 0. The number of hydrogen-bond acceptors (Lipinski definition) is 1. The molecule has 2 N–H and O–H groups in total. The largest absolute Gasteiger partial charge is 0.478 e. The number of H-pyrrole nitrogens is 1. The fourth-order valence-corrected chi connectivity index (χ4v) is 2.48. The van der Waals surface area contributed by atoms with Crippen LogP contribution in [0, 0.1) is 13.8 Å². The Labute approximate surface area is 116 Å². The van der Waals surface area contributed by atoms with Crippen molar-refractivity contribution in [3.63, 3.8) is 0 Å². The zero-order valence-electron chi connectivity index (χ0n) is 11.4. The molecule has 0 spiro atoms. The minimum absolute atomic E-state index is 0.337. The highest BCUT2D eigenvalue weighted by Crippen LogP contribution is 2.31. The predicted molar refractivity (Wildman–Crippen MR) is 80.2 cm³/mol. The monoisotopic (exact) mass is 265 g/mol. The molecule has 2 aromatic carbocycles. The summed E-state index contributed by atoms with van der Waals surface area (Å²) in [7, 11) is 0. The minimum Gasteiger partial charge on any atom is -0.478 e. The normalized spacial score (nSPS) is 10.9. The number of aromatic carboxylic acids is 1. The van der Waals surface area contributed by atoms with E-state index in [2.05, 4.69) is 4.98 Å². The molecule has 1 aromatic heterocycles. The second-order valence-corrected chi connectivity index (χ2v) is 5.02. The van der Waals surface area contributed by atoms with Crippen LogP contribution in [0.3, 0.4) is 0 Å². The summed E-state index contributed by atoms with van der Waals surface area (Å²) >= 11 is 0. The van der Waals surface area contributed by atoms with E-state index < -0.39 is 5.97 Å². The number of benzene rings is 2. The summed E-state index contributed by atoms with van der Waals surface area (Å²) in [6.45, 7) is 4.07. The molecule has 3 nitrogen and oxygen atoms in total. The van der Waals surface area contributed by atoms with Crippen LogP contribution in [0.25, 0.3) is 22.2 Å². The van der Waals surface area contributed by atoms with Gasteiger partial charge in [0.25, 0.3) is 0 Å². The van der Waals surface area contributed by atoms with Gasteiger partial charge >= 0.3 is 5.97 Å². The summed E-state index contributed by atoms with van der Waals surface area (Å²) in [6, 6.07) is 13.5. The molecule has 0 bridgehead atoms. The molecule has 0 saturated carbocycles. The quantitative estimate of drug-likeness (QED) is 0.731. The van der Waals surface area contributed by atoms with E-state index in [1.165, 1.54) is 5.56 Å². The summed E-state index contributed by atoms with van der Waals surface area (Å²) < 4.78 is 0. The van der Waals surface area contributed by atoms with Crippen molar-refractivity contribution in [3.05, 3.63) is 59.2 Å². The summed E-state index contributed by atoms with van der Waals surface area (Å²) in [5, 5.41) is 10.3. The van der Waals surface area contributed by atoms with Gasteiger partial charge in [-0.15, -0.1) is 0 Å². The molecule has 20 heavy (non-hydrogen) atoms. The highest BCUT2D eigenvalue weighted by Gasteiger charge is 2.18. The zero-order valence-corrected chi connectivity index (χ0v) is 11.4. The fraction of sp³-hybridized carbons (Fsp3) is 0.118. The first-order valence-electron chi connectivity index (χ1n) is 6.49. The van der Waals surface area contributed by atoms with Crippen molar-refractivity contribution in [2.45, 2.75) is 13.8 Å². The van der Waals surface area contributed by atoms with E-state index in [0.717, 1.165) is 22.0 Å². The first-order chi connectivity index (χ1) is 9.58. The van der Waals surface area contributed by atoms with Gasteiger partial charge in [-0.3, -0.25) is 0 Å². The number of rotatable bonds is 2. The molecule has 3 rings (SSSR count). The van der Waals surface area contributed by atoms with Crippen molar-refractivity contribution in [1.29, 1.82) is 0 Å². The lowest BCUT2D eigenvalue weighted by atomic mass is 10.0. The maximum atomic E-state index is 11.6. The van der Waals surface area contributed by atoms with Gasteiger partial charge in [0.1, 0.15) is 0 Å². The van der Waals surface area contributed by atoms with Crippen LogP contribution in [0.2, 0.25) is 0 Å². The number of carbonyl (C=O) groups is 1. The van der Waals surface area contributed by atoms with Crippen LogP contribution in [0.1, 0.15) is 21.5 Å². The molecule has 0 atom stereocenters. The standard InChI is InChI=1S/C17H15NO2/c1-10-7-8-12(9-11(10)2)16-15(17(19)20)13-5-3-4-6-14(13)18-16/h3-9,18H,1-2H3,(H,19,20). The second-order valence-electron chi connectivity index (χ2n) is 5.02. The van der Waals surface area contributed by atoms with Gasteiger partial charge in [-0.1, -0.05) is 30.3 Å². The van der Waals surface area contributed by atoms with Gasteiger partial charge in [-0.25, -0.2) is 4.79 Å². The van der Waals surface area contributed by atoms with E-state index in [9.17, 15) is 9.90 Å². The molecule has 0 aliphatic rings. The molecule has 100 valence electrons. The molecule has 1 heterocycles. The predicted octanol–water partition coefficient (Wildman–Crippen LogP) is 4.15. The topological polar surface area (TPSA) is 53.1 Å². The number of carboxylic acids is 1. The first-order valence-corrected chi connectivity index (χ1v) is 6.49. The fourth-order valence-electron chi connectivity index (χ4n) is 2.48. The molecule has 0 radical (unpaired) electrons. The maximum absolute atomic E-state index is 11.6. The molecule has 0 aliphatic carbocycles. The summed E-state index contributed by atoms with van der Waals surface area (Å²) in [4.78, 5) is 14.8. The average molecular weight is 265 g/mol. The average Bonchev–Trinajstić information content (AvgIpc) is 2.81. The Kier molecular flexibility index (Phi) is 2.83. The molecule has 0 saturated heterocycles. The Morgan fingerprint density at radius 1 is 1.05 bits per heavy atom. The Hall–Kier alpha value is -2.55. The van der Waals surface area contributed by atoms with Crippen LogP contribution in [-0.4, -0.2) is 16.1 Å². The maximum Gasteiger partial charge on any atom is 0.338 e. The van der Waals surface area contributed by atoms with Crippen molar-refractivity contribution in [3.8, 4) is 11.3 Å². The number of carboxylic acid groups (broad SMARTS) is 1. The third kappa shape index (κ3) is 1.88. The lowest BCUT2D eigenvalue weighted by Crippen LogP contribution is -1.98. The summed E-state index contributed by atoms with van der Waals surface area (Å²) in [5.41, 5.74) is 5.10. The van der Waals surface area contributed by atoms with Gasteiger partial charge in [0.15, 0.2) is 0 Å². The van der Waals surface area contributed by atoms with Crippen LogP contribution in [0.5, 0.6) is 0 Å². The van der Waals surface area contributed by atoms with Crippen LogP contribution in [0.15, 0.2) is 42.5 Å². The SMILES string of the molecule is Cc1ccc(-c2[nH]c3ccccc3c2C(=O)O)cc1C. The number of aromatic nitrogens is 1. The Morgan fingerprint density at radius 2 is 1.80 bits per heavy atom. The van der Waals surface area contributed by atoms with Crippen molar-refractivity contribution in [1.82, 2.24) is 4.98 Å². The van der Waals surface area contributed by atoms with Gasteiger partial charge in [-0.05, 0) is 42.7 Å². The molecular formula is C17H15NO2. The van der Waals surface area contributed by atoms with E-state index >= 15 is 0 Å². The van der Waals surface area contributed by atoms with Crippen molar-refractivity contribution < 1.29 is 9.90 Å². The molecule has 3 aromatic rings. The lowest BCUT2D eigenvalue weighted by molar-refractivity contribution is 0.0700. The zero-order chi connectivity index (χ0) is 14.3. The molecule has 3 heteroatoms. The Bertz CT molecular complexity index is 815. The van der Waals surface area contributed by atoms with E-state index in [0.29, 0.717) is 11.3 Å². The number of aryl methyl sites for hydroxylation is 2. The number of nitrogens with one attached hydrogen (secondary N) is 1. The van der Waals surface area contributed by atoms with Gasteiger partial charge < -0.3 is 10.1 Å². The molecule has 0 aliphatic heterocycles. The van der Waals surface area contributed by atoms with Gasteiger partial charge in [-0.2, -0.15) is 0 Å². The van der Waals surface area contributed by atoms with Crippen LogP contribution in [-0.2, 0) is 0 Å². The van der Waals surface area contributed by atoms with Crippen molar-refractivity contribution in [2.75, 3.05) is 0 Å². The molecule has 0 fully saturated rings. The Morgan fingerprint density at radius 3 is 2.50 bits per heavy atom. The molecular weight excluding hydrogens is 250 g/mol. The third-order valence-corrected chi connectivity index (χ3v) is 3.72. The molecule has 0 unspecified atom stereocenters. The van der Waals surface area contributed by atoms with Crippen molar-refractivity contribution in [2.24, 2.45) is 0 Å². The highest BCUT2D eigenvalue weighted by molar-refractivity contribution is 6.09. The van der Waals surface area contributed by atoms with E-state index in [-0.39, 0.29) is 0 Å². The number of hydrogen-bond donors (Lipinski definition) is 2. The van der Waals surface area contributed by atoms with Crippen LogP contribution in [0.4, 0.5) is 0 Å². The van der Waals surface area contributed by atoms with Crippen LogP contribution < -0.4 is 0 Å². The van der Waals surface area contributed by atoms with Crippen LogP contribution >= 0.6 is 0 Å². The van der Waals surface area contributed by atoms with Gasteiger partial charge in [0.05, 0.1) is 11.3 Å². The number of aromatic amines is 1. The Balaban J connectivity index is 2.32. The third-order valence-electron chi connectivity index (χ3n) is 3.72. The smallest absolute Gasteiger partial charge is 0.338 e. The van der Waals surface area contributed by atoms with Crippen molar-refractivity contribution >= 4 is 16.9 Å². The highest BCUT2D eigenvalue weighted by atomic mass is 16.4. The van der Waals surface area contributed by atoms with E-state index in [4.69, 9.17) is 0 Å². The van der Waals surface area contributed by atoms with Gasteiger partial charge in [0, 0.05) is 10.9 Å². The molecule has 0 amide bonds. The number of para-hydroxylation sites is 1. The van der Waals surface area contributed by atoms with Gasteiger partial charge in [0.2, 0.25) is 0 Å². The lowest BCUT2D eigenvalue weighted by Gasteiger charge is -2.05. The second kappa shape index (κ2) is 4.53. The van der Waals surface area contributed by atoms with E-state index in [1.54, 1.807) is 0 Å². The number of fused-ring (bicyclic) bond motifs is 1.